The molecule has 0 spiro atoms. The normalized spacial score (nSPS) is 31.1. The van der Waals surface area contributed by atoms with E-state index in [-0.39, 0.29) is 11.9 Å². The monoisotopic (exact) mass is 258 g/mol. The Kier molecular flexibility index (Phi) is 3.56. The third kappa shape index (κ3) is 2.27. The second kappa shape index (κ2) is 5.33. The van der Waals surface area contributed by atoms with Crippen LogP contribution in [-0.2, 0) is 4.79 Å². The van der Waals surface area contributed by atoms with Crippen LogP contribution in [0, 0.1) is 5.92 Å². The van der Waals surface area contributed by atoms with Gasteiger partial charge in [-0.15, -0.1) is 0 Å². The molecule has 1 heterocycles. The summed E-state index contributed by atoms with van der Waals surface area (Å²) in [5, 5.41) is 3.19. The summed E-state index contributed by atoms with van der Waals surface area (Å²) in [6.45, 7) is 0. The van der Waals surface area contributed by atoms with Crippen molar-refractivity contribution in [3.05, 3.63) is 30.3 Å². The summed E-state index contributed by atoms with van der Waals surface area (Å²) < 4.78 is 0. The Balaban J connectivity index is 1.97. The molecule has 1 saturated carbocycles. The van der Waals surface area contributed by atoms with Gasteiger partial charge in [0.25, 0.3) is 0 Å². The highest BCUT2D eigenvalue weighted by molar-refractivity contribution is 5.98. The average molecular weight is 258 g/mol. The van der Waals surface area contributed by atoms with Gasteiger partial charge in [-0.2, -0.15) is 0 Å². The maximum absolute atomic E-state index is 12.8. The van der Waals surface area contributed by atoms with Crippen LogP contribution in [0.25, 0.3) is 0 Å². The quantitative estimate of drug-likeness (QED) is 0.884. The van der Waals surface area contributed by atoms with Gasteiger partial charge in [-0.3, -0.25) is 4.79 Å². The summed E-state index contributed by atoms with van der Waals surface area (Å²) in [4.78, 5) is 14.9. The molecule has 0 aromatic heterocycles. The molecule has 3 heteroatoms. The number of hydrogen-bond acceptors (Lipinski definition) is 2. The minimum atomic E-state index is -0.0224. The highest BCUT2D eigenvalue weighted by atomic mass is 16.2. The number of nitrogens with one attached hydrogen (secondary N) is 1. The Morgan fingerprint density at radius 2 is 1.89 bits per heavy atom. The fraction of sp³-hybridized carbons (Fsp3) is 0.562. The molecule has 1 saturated heterocycles. The number of rotatable bonds is 2. The Hall–Kier alpha value is -1.35. The summed E-state index contributed by atoms with van der Waals surface area (Å²) in [6.07, 6.45) is 5.83. The lowest BCUT2D eigenvalue weighted by atomic mass is 9.97. The van der Waals surface area contributed by atoms with Gasteiger partial charge in [0.1, 0.15) is 0 Å². The van der Waals surface area contributed by atoms with E-state index >= 15 is 0 Å². The van der Waals surface area contributed by atoms with Gasteiger partial charge in [0.2, 0.25) is 5.91 Å². The van der Waals surface area contributed by atoms with Crippen molar-refractivity contribution in [2.75, 3.05) is 11.9 Å². The third-order valence-electron chi connectivity index (χ3n) is 4.70. The summed E-state index contributed by atoms with van der Waals surface area (Å²) >= 11 is 0. The van der Waals surface area contributed by atoms with Crippen LogP contribution in [0.4, 0.5) is 5.69 Å². The Labute approximate surface area is 115 Å². The molecule has 2 aliphatic rings. The van der Waals surface area contributed by atoms with E-state index in [0.717, 1.165) is 18.5 Å². The van der Waals surface area contributed by atoms with Crippen molar-refractivity contribution in [1.29, 1.82) is 0 Å². The molecule has 1 aliphatic heterocycles. The standard InChI is InChI=1S/C16H22N2O/c1-17-14-11-10-12-6-5-9-15(12)18(16(14)19)13-7-3-2-4-8-13/h2-4,7-8,12,14-15,17H,5-6,9-11H2,1H3. The molecule has 1 N–H and O–H groups in total. The Morgan fingerprint density at radius 3 is 2.63 bits per heavy atom. The molecule has 3 atom stereocenters. The number of amides is 1. The summed E-state index contributed by atoms with van der Waals surface area (Å²) in [6, 6.07) is 10.6. The maximum Gasteiger partial charge on any atom is 0.244 e. The summed E-state index contributed by atoms with van der Waals surface area (Å²) in [5.41, 5.74) is 1.06. The second-order valence-electron chi connectivity index (χ2n) is 5.72. The SMILES string of the molecule is CNC1CCC2CCCC2N(c2ccccc2)C1=O. The lowest BCUT2D eigenvalue weighted by Crippen LogP contribution is -2.48. The van der Waals surface area contributed by atoms with Gasteiger partial charge in [-0.1, -0.05) is 24.6 Å². The van der Waals surface area contributed by atoms with E-state index in [1.807, 2.05) is 25.2 Å². The van der Waals surface area contributed by atoms with Gasteiger partial charge < -0.3 is 10.2 Å². The van der Waals surface area contributed by atoms with E-state index in [0.29, 0.717) is 12.0 Å². The predicted molar refractivity (Wildman–Crippen MR) is 77.1 cm³/mol. The number of carbonyl (C=O) groups is 1. The van der Waals surface area contributed by atoms with E-state index in [2.05, 4.69) is 22.3 Å². The first-order valence-electron chi connectivity index (χ1n) is 7.36. The molecular weight excluding hydrogens is 236 g/mol. The van der Waals surface area contributed by atoms with Crippen LogP contribution in [0.1, 0.15) is 32.1 Å². The van der Waals surface area contributed by atoms with Crippen LogP contribution in [0.2, 0.25) is 0 Å². The fourth-order valence-electron chi connectivity index (χ4n) is 3.70. The van der Waals surface area contributed by atoms with Crippen LogP contribution in [-0.4, -0.2) is 25.0 Å². The average Bonchev–Trinajstić information content (AvgIpc) is 2.84. The zero-order valence-corrected chi connectivity index (χ0v) is 11.5. The number of para-hydroxylation sites is 1. The number of hydrogen-bond donors (Lipinski definition) is 1. The zero-order valence-electron chi connectivity index (χ0n) is 11.5. The van der Waals surface area contributed by atoms with E-state index in [1.165, 1.54) is 19.3 Å². The first-order valence-corrected chi connectivity index (χ1v) is 7.36. The van der Waals surface area contributed by atoms with E-state index in [1.54, 1.807) is 0 Å². The smallest absolute Gasteiger partial charge is 0.244 e. The fourth-order valence-corrected chi connectivity index (χ4v) is 3.70. The molecule has 3 rings (SSSR count). The van der Waals surface area contributed by atoms with Crippen molar-refractivity contribution in [1.82, 2.24) is 5.32 Å². The van der Waals surface area contributed by atoms with E-state index in [4.69, 9.17) is 0 Å². The van der Waals surface area contributed by atoms with Crippen LogP contribution in [0.15, 0.2) is 30.3 Å². The largest absolute Gasteiger partial charge is 0.309 e. The highest BCUT2D eigenvalue weighted by Crippen LogP contribution is 2.38. The topological polar surface area (TPSA) is 32.3 Å². The molecule has 102 valence electrons. The van der Waals surface area contributed by atoms with Crippen molar-refractivity contribution in [3.8, 4) is 0 Å². The lowest BCUT2D eigenvalue weighted by molar-refractivity contribution is -0.120. The number of anilines is 1. The first kappa shape index (κ1) is 12.7. The molecule has 0 bridgehead atoms. The van der Waals surface area contributed by atoms with Crippen molar-refractivity contribution in [2.45, 2.75) is 44.2 Å². The number of fused-ring (bicyclic) bond motifs is 1. The zero-order chi connectivity index (χ0) is 13.2. The van der Waals surface area contributed by atoms with Crippen LogP contribution in [0.3, 0.4) is 0 Å². The molecule has 3 unspecified atom stereocenters. The molecule has 2 fully saturated rings. The van der Waals surface area contributed by atoms with E-state index in [9.17, 15) is 4.79 Å². The van der Waals surface area contributed by atoms with Gasteiger partial charge >= 0.3 is 0 Å². The predicted octanol–water partition coefficient (Wildman–Crippen LogP) is 2.57. The molecule has 1 amide bonds. The van der Waals surface area contributed by atoms with Gasteiger partial charge in [-0.25, -0.2) is 0 Å². The Morgan fingerprint density at radius 1 is 1.11 bits per heavy atom. The lowest BCUT2D eigenvalue weighted by Gasteiger charge is -2.32. The highest BCUT2D eigenvalue weighted by Gasteiger charge is 2.40. The second-order valence-corrected chi connectivity index (χ2v) is 5.72. The number of nitrogens with zero attached hydrogens (tertiary/aromatic N) is 1. The molecule has 1 aliphatic carbocycles. The van der Waals surface area contributed by atoms with Crippen molar-refractivity contribution >= 4 is 11.6 Å². The van der Waals surface area contributed by atoms with Gasteiger partial charge in [0.15, 0.2) is 0 Å². The van der Waals surface area contributed by atoms with Crippen LogP contribution in [0.5, 0.6) is 0 Å². The molecular formula is C16H22N2O. The van der Waals surface area contributed by atoms with Gasteiger partial charge in [0.05, 0.1) is 6.04 Å². The Bertz CT molecular complexity index is 445. The molecule has 3 nitrogen and oxygen atoms in total. The van der Waals surface area contributed by atoms with Gasteiger partial charge in [0, 0.05) is 11.7 Å². The maximum atomic E-state index is 12.8. The molecule has 1 aromatic rings. The minimum Gasteiger partial charge on any atom is -0.309 e. The molecule has 0 radical (unpaired) electrons. The molecule has 19 heavy (non-hydrogen) atoms. The summed E-state index contributed by atoms with van der Waals surface area (Å²) in [7, 11) is 1.90. The van der Waals surface area contributed by atoms with Crippen LogP contribution >= 0.6 is 0 Å². The van der Waals surface area contributed by atoms with Crippen molar-refractivity contribution in [2.24, 2.45) is 5.92 Å². The van der Waals surface area contributed by atoms with E-state index < -0.39 is 0 Å². The minimum absolute atomic E-state index is 0.0224. The third-order valence-corrected chi connectivity index (χ3v) is 4.70. The van der Waals surface area contributed by atoms with Crippen LogP contribution < -0.4 is 10.2 Å². The van der Waals surface area contributed by atoms with Crippen molar-refractivity contribution in [3.63, 3.8) is 0 Å². The number of carbonyl (C=O) groups excluding carboxylic acids is 1. The number of likely N-dealkylation sites (N-methyl/N-ethyl adjacent to an activating group) is 1. The molecule has 1 aromatic carbocycles. The first-order chi connectivity index (χ1) is 9.31. The number of benzene rings is 1. The van der Waals surface area contributed by atoms with Gasteiger partial charge in [-0.05, 0) is 50.8 Å². The summed E-state index contributed by atoms with van der Waals surface area (Å²) in [5.74, 6) is 0.936. The van der Waals surface area contributed by atoms with Crippen molar-refractivity contribution < 1.29 is 4.79 Å².